The van der Waals surface area contributed by atoms with Gasteiger partial charge in [-0.15, -0.1) is 0 Å². The van der Waals surface area contributed by atoms with Gasteiger partial charge in [-0.25, -0.2) is 0 Å². The molecule has 0 aliphatic carbocycles. The van der Waals surface area contributed by atoms with Crippen molar-refractivity contribution in [3.05, 3.63) is 35.4 Å². The first-order chi connectivity index (χ1) is 13.8. The quantitative estimate of drug-likeness (QED) is 0.421. The number of rotatable bonds is 8. The van der Waals surface area contributed by atoms with Crippen LogP contribution in [0.4, 0.5) is 0 Å². The monoisotopic (exact) mass is 389 g/mol. The predicted octanol–water partition coefficient (Wildman–Crippen LogP) is 2.78. The summed E-state index contributed by atoms with van der Waals surface area (Å²) in [5, 5.41) is 3.44. The number of aryl methyl sites for hydroxylation is 1. The lowest BCUT2D eigenvalue weighted by atomic mass is 10.0. The number of nitrogens with zero attached hydrogens (tertiary/aromatic N) is 2. The van der Waals surface area contributed by atoms with Gasteiger partial charge in [-0.1, -0.05) is 24.3 Å². The molecule has 3 rings (SSSR count). The van der Waals surface area contributed by atoms with Crippen LogP contribution in [-0.2, 0) is 14.2 Å². The maximum absolute atomic E-state index is 6.06. The fraction of sp³-hybridized carbons (Fsp3) is 0.682. The van der Waals surface area contributed by atoms with Crippen molar-refractivity contribution < 1.29 is 14.2 Å². The van der Waals surface area contributed by atoms with E-state index >= 15 is 0 Å². The Labute approximate surface area is 169 Å². The van der Waals surface area contributed by atoms with E-state index in [4.69, 9.17) is 19.2 Å². The molecule has 2 unspecified atom stereocenters. The van der Waals surface area contributed by atoms with Crippen LogP contribution >= 0.6 is 0 Å². The zero-order valence-electron chi connectivity index (χ0n) is 17.4. The maximum atomic E-state index is 6.06. The Bertz CT molecular complexity index is 617. The van der Waals surface area contributed by atoms with Crippen LogP contribution in [0.15, 0.2) is 29.3 Å². The van der Waals surface area contributed by atoms with E-state index in [2.05, 4.69) is 48.3 Å². The van der Waals surface area contributed by atoms with Crippen LogP contribution in [-0.4, -0.2) is 70.1 Å². The molecule has 2 atom stereocenters. The van der Waals surface area contributed by atoms with Crippen molar-refractivity contribution in [3.8, 4) is 0 Å². The lowest BCUT2D eigenvalue weighted by molar-refractivity contribution is -0.00834. The van der Waals surface area contributed by atoms with Crippen LogP contribution in [0.3, 0.4) is 0 Å². The molecule has 1 aromatic rings. The highest BCUT2D eigenvalue weighted by molar-refractivity contribution is 5.80. The van der Waals surface area contributed by atoms with E-state index in [1.807, 2.05) is 0 Å². The second kappa shape index (κ2) is 11.4. The SMILES string of the molecule is CCNC(=NCCCOCC1CCOC1)N1CCOC(c2ccccc2C)C1. The fourth-order valence-electron chi connectivity index (χ4n) is 3.72. The predicted molar refractivity (Wildman–Crippen MR) is 112 cm³/mol. The van der Waals surface area contributed by atoms with E-state index in [0.717, 1.165) is 78.0 Å². The average Bonchev–Trinajstić information content (AvgIpc) is 3.24. The highest BCUT2D eigenvalue weighted by atomic mass is 16.5. The Kier molecular flexibility index (Phi) is 8.58. The van der Waals surface area contributed by atoms with Gasteiger partial charge < -0.3 is 24.4 Å². The van der Waals surface area contributed by atoms with Crippen molar-refractivity contribution in [3.63, 3.8) is 0 Å². The second-order valence-corrected chi connectivity index (χ2v) is 7.56. The average molecular weight is 390 g/mol. The minimum Gasteiger partial charge on any atom is -0.381 e. The molecule has 0 bridgehead atoms. The number of hydrogen-bond acceptors (Lipinski definition) is 4. The first kappa shape index (κ1) is 21.1. The standard InChI is InChI=1S/C22H35N3O3/c1-3-23-22(24-10-6-12-26-16-19-9-13-27-17-19)25-11-14-28-21(15-25)20-8-5-4-7-18(20)2/h4-5,7-8,19,21H,3,6,9-17H2,1-2H3,(H,23,24). The number of aliphatic imine (C=N–C) groups is 1. The second-order valence-electron chi connectivity index (χ2n) is 7.56. The molecule has 0 spiro atoms. The number of hydrogen-bond donors (Lipinski definition) is 1. The van der Waals surface area contributed by atoms with Gasteiger partial charge in [-0.3, -0.25) is 4.99 Å². The molecule has 0 saturated carbocycles. The molecular weight excluding hydrogens is 354 g/mol. The molecule has 0 amide bonds. The highest BCUT2D eigenvalue weighted by Crippen LogP contribution is 2.25. The molecule has 0 aromatic heterocycles. The number of benzene rings is 1. The Morgan fingerprint density at radius 1 is 1.32 bits per heavy atom. The van der Waals surface area contributed by atoms with Crippen molar-refractivity contribution in [1.29, 1.82) is 0 Å². The summed E-state index contributed by atoms with van der Waals surface area (Å²) in [4.78, 5) is 7.15. The van der Waals surface area contributed by atoms with Gasteiger partial charge in [0.2, 0.25) is 0 Å². The molecular formula is C22H35N3O3. The van der Waals surface area contributed by atoms with E-state index in [-0.39, 0.29) is 6.10 Å². The summed E-state index contributed by atoms with van der Waals surface area (Å²) in [5.41, 5.74) is 2.55. The zero-order valence-corrected chi connectivity index (χ0v) is 17.4. The van der Waals surface area contributed by atoms with Gasteiger partial charge in [-0.05, 0) is 37.8 Å². The molecule has 6 nitrogen and oxygen atoms in total. The summed E-state index contributed by atoms with van der Waals surface area (Å²) in [6, 6.07) is 8.48. The molecule has 1 N–H and O–H groups in total. The van der Waals surface area contributed by atoms with Gasteiger partial charge in [-0.2, -0.15) is 0 Å². The van der Waals surface area contributed by atoms with E-state index < -0.39 is 0 Å². The van der Waals surface area contributed by atoms with Gasteiger partial charge in [0.05, 0.1) is 26.4 Å². The molecule has 2 heterocycles. The normalized spacial score (nSPS) is 23.2. The Hall–Kier alpha value is -1.63. The fourth-order valence-corrected chi connectivity index (χ4v) is 3.72. The van der Waals surface area contributed by atoms with E-state index in [0.29, 0.717) is 5.92 Å². The van der Waals surface area contributed by atoms with Crippen LogP contribution in [0.25, 0.3) is 0 Å². The lowest BCUT2D eigenvalue weighted by Crippen LogP contribution is -2.48. The van der Waals surface area contributed by atoms with Crippen LogP contribution in [0, 0.1) is 12.8 Å². The van der Waals surface area contributed by atoms with Gasteiger partial charge in [0.25, 0.3) is 0 Å². The molecule has 0 radical (unpaired) electrons. The summed E-state index contributed by atoms with van der Waals surface area (Å²) in [7, 11) is 0. The summed E-state index contributed by atoms with van der Waals surface area (Å²) < 4.78 is 17.2. The first-order valence-corrected chi connectivity index (χ1v) is 10.6. The topological polar surface area (TPSA) is 55.3 Å². The summed E-state index contributed by atoms with van der Waals surface area (Å²) in [6.45, 7) is 11.6. The minimum atomic E-state index is 0.0933. The smallest absolute Gasteiger partial charge is 0.194 e. The molecule has 2 aliphatic rings. The van der Waals surface area contributed by atoms with E-state index in [1.54, 1.807) is 0 Å². The first-order valence-electron chi connectivity index (χ1n) is 10.6. The van der Waals surface area contributed by atoms with Crippen LogP contribution in [0.2, 0.25) is 0 Å². The Balaban J connectivity index is 1.47. The molecule has 156 valence electrons. The largest absolute Gasteiger partial charge is 0.381 e. The van der Waals surface area contributed by atoms with Crippen LogP contribution in [0.1, 0.15) is 37.0 Å². The Morgan fingerprint density at radius 2 is 2.21 bits per heavy atom. The minimum absolute atomic E-state index is 0.0933. The molecule has 2 fully saturated rings. The van der Waals surface area contributed by atoms with Crippen molar-refractivity contribution in [1.82, 2.24) is 10.2 Å². The third kappa shape index (κ3) is 6.19. The summed E-state index contributed by atoms with van der Waals surface area (Å²) >= 11 is 0. The van der Waals surface area contributed by atoms with E-state index in [9.17, 15) is 0 Å². The molecule has 1 aromatic carbocycles. The Morgan fingerprint density at radius 3 is 3.00 bits per heavy atom. The third-order valence-electron chi connectivity index (χ3n) is 5.32. The van der Waals surface area contributed by atoms with Crippen LogP contribution < -0.4 is 5.32 Å². The van der Waals surface area contributed by atoms with Gasteiger partial charge >= 0.3 is 0 Å². The van der Waals surface area contributed by atoms with Crippen molar-refractivity contribution in [2.24, 2.45) is 10.9 Å². The van der Waals surface area contributed by atoms with E-state index in [1.165, 1.54) is 11.1 Å². The van der Waals surface area contributed by atoms with Gasteiger partial charge in [0, 0.05) is 38.8 Å². The molecule has 2 aliphatic heterocycles. The lowest BCUT2D eigenvalue weighted by Gasteiger charge is -2.35. The van der Waals surface area contributed by atoms with Gasteiger partial charge in [0.1, 0.15) is 6.10 Å². The highest BCUT2D eigenvalue weighted by Gasteiger charge is 2.25. The maximum Gasteiger partial charge on any atom is 0.194 e. The third-order valence-corrected chi connectivity index (χ3v) is 5.32. The molecule has 6 heteroatoms. The summed E-state index contributed by atoms with van der Waals surface area (Å²) in [6.07, 6.45) is 2.16. The summed E-state index contributed by atoms with van der Waals surface area (Å²) in [5.74, 6) is 1.56. The molecule has 2 saturated heterocycles. The van der Waals surface area contributed by atoms with Crippen molar-refractivity contribution in [2.75, 3.05) is 59.2 Å². The van der Waals surface area contributed by atoms with Crippen molar-refractivity contribution in [2.45, 2.75) is 32.8 Å². The molecule has 28 heavy (non-hydrogen) atoms. The van der Waals surface area contributed by atoms with Gasteiger partial charge in [0.15, 0.2) is 5.96 Å². The van der Waals surface area contributed by atoms with Crippen LogP contribution in [0.5, 0.6) is 0 Å². The van der Waals surface area contributed by atoms with Crippen molar-refractivity contribution >= 4 is 5.96 Å². The number of nitrogens with one attached hydrogen (secondary N) is 1. The number of guanidine groups is 1. The number of ether oxygens (including phenoxy) is 3. The number of morpholine rings is 1. The zero-order chi connectivity index (χ0) is 19.6.